The molecular weight excluding hydrogens is 372 g/mol. The lowest BCUT2D eigenvalue weighted by atomic mass is 10.0. The van der Waals surface area contributed by atoms with Gasteiger partial charge in [0.05, 0.1) is 6.61 Å². The van der Waals surface area contributed by atoms with Crippen molar-refractivity contribution >= 4 is 34.9 Å². The Balaban J connectivity index is 1.81. The van der Waals surface area contributed by atoms with Crippen LogP contribution in [0.15, 0.2) is 6.07 Å². The summed E-state index contributed by atoms with van der Waals surface area (Å²) in [5.41, 5.74) is 0. The van der Waals surface area contributed by atoms with E-state index in [2.05, 4.69) is 33.4 Å². The molecule has 0 unspecified atom stereocenters. The average Bonchev–Trinajstić information content (AvgIpc) is 2.98. The van der Waals surface area contributed by atoms with Gasteiger partial charge in [-0.25, -0.2) is 0 Å². The predicted octanol–water partition coefficient (Wildman–Crippen LogP) is 3.17. The lowest BCUT2D eigenvalue weighted by Gasteiger charge is -2.35. The summed E-state index contributed by atoms with van der Waals surface area (Å²) in [6, 6.07) is 2.67. The number of ether oxygens (including phenoxy) is 1. The van der Waals surface area contributed by atoms with Gasteiger partial charge in [0.1, 0.15) is 11.6 Å². The number of piperidine rings is 1. The molecule has 1 aromatic rings. The van der Waals surface area contributed by atoms with Crippen molar-refractivity contribution in [3.8, 4) is 0 Å². The first-order valence-electron chi connectivity index (χ1n) is 10.6. The molecule has 156 valence electrons. The van der Waals surface area contributed by atoms with Gasteiger partial charge in [0.15, 0.2) is 5.11 Å². The third kappa shape index (κ3) is 5.91. The maximum absolute atomic E-state index is 5.41. The summed E-state index contributed by atoms with van der Waals surface area (Å²) < 4.78 is 5.07. The molecule has 1 atom stereocenters. The van der Waals surface area contributed by atoms with Crippen molar-refractivity contribution in [1.29, 1.82) is 0 Å². The number of anilines is 3. The molecule has 2 aliphatic rings. The first-order valence-corrected chi connectivity index (χ1v) is 11.0. The van der Waals surface area contributed by atoms with E-state index in [0.29, 0.717) is 30.3 Å². The van der Waals surface area contributed by atoms with E-state index in [9.17, 15) is 0 Å². The molecule has 3 rings (SSSR count). The summed E-state index contributed by atoms with van der Waals surface area (Å²) in [4.78, 5) is 14.4. The summed E-state index contributed by atoms with van der Waals surface area (Å²) in [6.45, 7) is 6.71. The zero-order valence-electron chi connectivity index (χ0n) is 17.2. The topological polar surface area (TPSA) is 65.6 Å². The molecule has 0 amide bonds. The number of hydrogen-bond donors (Lipinski definition) is 2. The molecule has 0 bridgehead atoms. The van der Waals surface area contributed by atoms with Crippen LogP contribution in [0.5, 0.6) is 0 Å². The number of hydrogen-bond acceptors (Lipinski definition) is 6. The van der Waals surface area contributed by atoms with Crippen LogP contribution in [0.2, 0.25) is 0 Å². The number of rotatable bonds is 6. The fourth-order valence-electron chi connectivity index (χ4n) is 3.94. The normalized spacial score (nSPS) is 20.6. The summed E-state index contributed by atoms with van der Waals surface area (Å²) in [5, 5.41) is 6.85. The van der Waals surface area contributed by atoms with Crippen molar-refractivity contribution < 1.29 is 4.74 Å². The largest absolute Gasteiger partial charge is 0.383 e. The molecule has 2 fully saturated rings. The van der Waals surface area contributed by atoms with E-state index in [4.69, 9.17) is 26.9 Å². The van der Waals surface area contributed by atoms with Crippen LogP contribution in [0.4, 0.5) is 17.6 Å². The van der Waals surface area contributed by atoms with E-state index in [-0.39, 0.29) is 0 Å². The van der Waals surface area contributed by atoms with Crippen LogP contribution in [0, 0.1) is 0 Å². The smallest absolute Gasteiger partial charge is 0.232 e. The first kappa shape index (κ1) is 21.0. The van der Waals surface area contributed by atoms with Gasteiger partial charge in [0.2, 0.25) is 5.95 Å². The molecule has 0 aliphatic carbocycles. The van der Waals surface area contributed by atoms with Crippen molar-refractivity contribution in [3.05, 3.63) is 6.07 Å². The second kappa shape index (κ2) is 10.8. The average molecular weight is 407 g/mol. The molecule has 0 aromatic carbocycles. The van der Waals surface area contributed by atoms with Gasteiger partial charge in [-0.3, -0.25) is 0 Å². The highest BCUT2D eigenvalue weighted by molar-refractivity contribution is 7.80. The molecule has 0 radical (unpaired) electrons. The van der Waals surface area contributed by atoms with Gasteiger partial charge < -0.3 is 25.2 Å². The van der Waals surface area contributed by atoms with E-state index in [1.807, 2.05) is 0 Å². The quantitative estimate of drug-likeness (QED) is 0.552. The van der Waals surface area contributed by atoms with Crippen LogP contribution >= 0.6 is 12.2 Å². The van der Waals surface area contributed by atoms with Crippen molar-refractivity contribution in [1.82, 2.24) is 15.3 Å². The third-order valence-corrected chi connectivity index (χ3v) is 5.79. The Morgan fingerprint density at radius 2 is 1.82 bits per heavy atom. The van der Waals surface area contributed by atoms with Crippen molar-refractivity contribution in [2.75, 3.05) is 55.0 Å². The molecule has 1 aromatic heterocycles. The van der Waals surface area contributed by atoms with Gasteiger partial charge in [-0.1, -0.05) is 12.8 Å². The first-order chi connectivity index (χ1) is 13.7. The zero-order chi connectivity index (χ0) is 19.8. The van der Waals surface area contributed by atoms with Gasteiger partial charge in [-0.2, -0.15) is 9.97 Å². The number of thiocarbonyl (C=S) groups is 1. The Labute approximate surface area is 174 Å². The second-order valence-corrected chi connectivity index (χ2v) is 8.13. The summed E-state index contributed by atoms with van der Waals surface area (Å²) >= 11 is 5.41. The monoisotopic (exact) mass is 406 g/mol. The summed E-state index contributed by atoms with van der Waals surface area (Å²) in [6.07, 6.45) is 8.76. The third-order valence-electron chi connectivity index (χ3n) is 5.54. The van der Waals surface area contributed by atoms with Crippen LogP contribution in [0.3, 0.4) is 0 Å². The van der Waals surface area contributed by atoms with Gasteiger partial charge in [0.25, 0.3) is 0 Å². The fourth-order valence-corrected chi connectivity index (χ4v) is 4.13. The highest BCUT2D eigenvalue weighted by atomic mass is 32.1. The lowest BCUT2D eigenvalue weighted by Crippen LogP contribution is -2.39. The molecule has 7 nitrogen and oxygen atoms in total. The minimum atomic E-state index is 0.500. The molecule has 0 spiro atoms. The number of aromatic nitrogens is 2. The van der Waals surface area contributed by atoms with Crippen molar-refractivity contribution in [2.45, 2.75) is 57.9 Å². The number of methoxy groups -OCH3 is 1. The zero-order valence-corrected chi connectivity index (χ0v) is 18.1. The Morgan fingerprint density at radius 1 is 1.11 bits per heavy atom. The molecule has 28 heavy (non-hydrogen) atoms. The Morgan fingerprint density at radius 3 is 2.54 bits per heavy atom. The molecule has 8 heteroatoms. The molecule has 2 N–H and O–H groups in total. The minimum absolute atomic E-state index is 0.500. The van der Waals surface area contributed by atoms with Crippen LogP contribution in [-0.4, -0.2) is 61.0 Å². The van der Waals surface area contributed by atoms with Crippen LogP contribution in [-0.2, 0) is 4.74 Å². The van der Waals surface area contributed by atoms with Gasteiger partial charge in [-0.15, -0.1) is 0 Å². The van der Waals surface area contributed by atoms with Gasteiger partial charge >= 0.3 is 0 Å². The SMILES string of the molecule is COCCNC(=S)Nc1nc(N2CCCCCC2)cc(N2CCCC[C@@H]2C)n1. The standard InChI is InChI=1S/C20H34N6OS/c1-16-9-5-8-13-26(16)18-15-17(25-11-6-3-4-7-12-25)22-19(23-18)24-20(28)21-10-14-27-2/h15-16H,3-14H2,1-2H3,(H2,21,22,23,24,28)/t16-/m0/s1. The van der Waals surface area contributed by atoms with E-state index in [1.54, 1.807) is 7.11 Å². The fraction of sp³-hybridized carbons (Fsp3) is 0.750. The van der Waals surface area contributed by atoms with Crippen LogP contribution < -0.4 is 20.4 Å². The highest BCUT2D eigenvalue weighted by Gasteiger charge is 2.22. The van der Waals surface area contributed by atoms with E-state index >= 15 is 0 Å². The highest BCUT2D eigenvalue weighted by Crippen LogP contribution is 2.28. The van der Waals surface area contributed by atoms with Gasteiger partial charge in [0, 0.05) is 45.4 Å². The maximum atomic E-state index is 5.41. The summed E-state index contributed by atoms with van der Waals surface area (Å²) in [5.74, 6) is 2.58. The number of nitrogens with one attached hydrogen (secondary N) is 2. The second-order valence-electron chi connectivity index (χ2n) is 7.72. The van der Waals surface area contributed by atoms with E-state index < -0.39 is 0 Å². The van der Waals surface area contributed by atoms with E-state index in [1.165, 1.54) is 44.9 Å². The predicted molar refractivity (Wildman–Crippen MR) is 119 cm³/mol. The maximum Gasteiger partial charge on any atom is 0.232 e. The molecule has 2 saturated heterocycles. The minimum Gasteiger partial charge on any atom is -0.383 e. The van der Waals surface area contributed by atoms with Crippen LogP contribution in [0.1, 0.15) is 51.9 Å². The van der Waals surface area contributed by atoms with Crippen LogP contribution in [0.25, 0.3) is 0 Å². The Kier molecular flexibility index (Phi) is 8.09. The molecule has 0 saturated carbocycles. The molecular formula is C20H34N6OS. The van der Waals surface area contributed by atoms with Gasteiger partial charge in [-0.05, 0) is 51.2 Å². The number of nitrogens with zero attached hydrogens (tertiary/aromatic N) is 4. The molecule has 2 aliphatic heterocycles. The van der Waals surface area contributed by atoms with Crippen molar-refractivity contribution in [2.24, 2.45) is 0 Å². The lowest BCUT2D eigenvalue weighted by molar-refractivity contribution is 0.204. The summed E-state index contributed by atoms with van der Waals surface area (Å²) in [7, 11) is 1.68. The Hall–Kier alpha value is -1.67. The molecule has 3 heterocycles. The van der Waals surface area contributed by atoms with Crippen molar-refractivity contribution in [3.63, 3.8) is 0 Å². The Bertz CT molecular complexity index is 635. The van der Waals surface area contributed by atoms with E-state index in [0.717, 1.165) is 31.3 Å².